The van der Waals surface area contributed by atoms with Crippen molar-refractivity contribution in [3.8, 4) is 28.5 Å². The maximum Gasteiger partial charge on any atom is 0.278 e. The first-order chi connectivity index (χ1) is 28.2. The van der Waals surface area contributed by atoms with E-state index in [1.807, 2.05) is 151 Å². The topological polar surface area (TPSA) is 96.6 Å². The van der Waals surface area contributed by atoms with Gasteiger partial charge in [-0.3, -0.25) is 4.79 Å². The highest BCUT2D eigenvalue weighted by atomic mass is 32.1. The van der Waals surface area contributed by atoms with E-state index in [-0.39, 0.29) is 21.8 Å². The summed E-state index contributed by atoms with van der Waals surface area (Å²) in [5.74, 6) is 2.36. The number of ether oxygens (including phenoxy) is 2. The second-order valence-electron chi connectivity index (χ2n) is 15.4. The smallest absolute Gasteiger partial charge is 0.278 e. The van der Waals surface area contributed by atoms with E-state index in [0.717, 1.165) is 62.5 Å². The van der Waals surface area contributed by atoms with Gasteiger partial charge >= 0.3 is 0 Å². The molecule has 4 heterocycles. The van der Waals surface area contributed by atoms with Crippen molar-refractivity contribution in [2.24, 2.45) is 16.3 Å². The van der Waals surface area contributed by atoms with Gasteiger partial charge in [-0.25, -0.2) is 4.98 Å². The summed E-state index contributed by atoms with van der Waals surface area (Å²) in [4.78, 5) is 20.2. The molecule has 9 rings (SSSR count). The molecule has 5 aromatic carbocycles. The summed E-state index contributed by atoms with van der Waals surface area (Å²) >= 11 is 4.38. The minimum atomic E-state index is -1.50. The number of aromatic nitrogens is 1. The van der Waals surface area contributed by atoms with E-state index in [4.69, 9.17) is 24.8 Å². The van der Waals surface area contributed by atoms with E-state index in [0.29, 0.717) is 31.6 Å². The van der Waals surface area contributed by atoms with Crippen LogP contribution in [0, 0.1) is 5.92 Å². The lowest BCUT2D eigenvalue weighted by Crippen LogP contribution is -2.49. The molecule has 4 atom stereocenters. The molecule has 0 bridgehead atoms. The second kappa shape index (κ2) is 15.0. The number of hydrogen-bond donors (Lipinski definition) is 2. The Morgan fingerprint density at radius 1 is 0.914 bits per heavy atom. The summed E-state index contributed by atoms with van der Waals surface area (Å²) in [6, 6.07) is 44.8. The Morgan fingerprint density at radius 2 is 1.55 bits per heavy atom. The third-order valence-electron chi connectivity index (χ3n) is 12.2. The van der Waals surface area contributed by atoms with Crippen LogP contribution in [0.15, 0.2) is 174 Å². The van der Waals surface area contributed by atoms with Gasteiger partial charge in [0.15, 0.2) is 24.0 Å². The van der Waals surface area contributed by atoms with Crippen LogP contribution in [-0.4, -0.2) is 56.6 Å². The number of quaternary nitrogens is 1. The molecule has 2 fully saturated rings. The first-order valence-corrected chi connectivity index (χ1v) is 20.0. The SMILES string of the molecule is C=CC1(C2CCN(C(=O)S)C(Cc3cc(-c4ccc(Oc5ccccc5)cc4)nc4ccc(OC)cc34)C2)C[N+]12C=C(C(O)(c1ccccc1)c1ccccc1)N=N2. The van der Waals surface area contributed by atoms with E-state index < -0.39 is 11.1 Å². The highest BCUT2D eigenvalue weighted by Gasteiger charge is 2.75. The molecule has 4 unspecified atom stereocenters. The molecule has 58 heavy (non-hydrogen) atoms. The van der Waals surface area contributed by atoms with Gasteiger partial charge in [0.1, 0.15) is 17.2 Å². The summed E-state index contributed by atoms with van der Waals surface area (Å²) in [5.41, 5.74) is 3.63. The lowest BCUT2D eigenvalue weighted by molar-refractivity contribution is -0.782. The Labute approximate surface area is 343 Å². The van der Waals surface area contributed by atoms with Crippen LogP contribution in [0.5, 0.6) is 17.2 Å². The van der Waals surface area contributed by atoms with Crippen molar-refractivity contribution in [2.75, 3.05) is 20.2 Å². The lowest BCUT2D eigenvalue weighted by atomic mass is 9.78. The molecule has 10 heteroatoms. The summed E-state index contributed by atoms with van der Waals surface area (Å²) in [6.07, 6.45) is 6.06. The largest absolute Gasteiger partial charge is 0.497 e. The third kappa shape index (κ3) is 6.57. The maximum atomic E-state index is 13.2. The van der Waals surface area contributed by atoms with E-state index in [2.05, 4.69) is 25.3 Å². The van der Waals surface area contributed by atoms with Gasteiger partial charge in [0.25, 0.3) is 5.24 Å². The van der Waals surface area contributed by atoms with Crippen LogP contribution in [-0.2, 0) is 12.0 Å². The minimum Gasteiger partial charge on any atom is -0.497 e. The predicted octanol–water partition coefficient (Wildman–Crippen LogP) is 10.3. The fourth-order valence-corrected chi connectivity index (χ4v) is 9.34. The average molecular weight is 787 g/mol. The number of fused-ring (bicyclic) bond motifs is 1. The van der Waals surface area contributed by atoms with Crippen LogP contribution in [0.25, 0.3) is 22.2 Å². The maximum absolute atomic E-state index is 13.2. The number of pyridine rings is 1. The molecule has 0 aliphatic carbocycles. The van der Waals surface area contributed by atoms with Crippen LogP contribution in [0.2, 0.25) is 0 Å². The van der Waals surface area contributed by atoms with E-state index >= 15 is 0 Å². The zero-order valence-corrected chi connectivity index (χ0v) is 33.1. The van der Waals surface area contributed by atoms with Crippen LogP contribution in [0.4, 0.5) is 4.79 Å². The van der Waals surface area contributed by atoms with Crippen molar-refractivity contribution >= 4 is 28.8 Å². The zero-order valence-electron chi connectivity index (χ0n) is 32.2. The summed E-state index contributed by atoms with van der Waals surface area (Å²) in [7, 11) is 1.66. The van der Waals surface area contributed by atoms with Crippen molar-refractivity contribution in [3.05, 3.63) is 181 Å². The van der Waals surface area contributed by atoms with Crippen LogP contribution in [0.3, 0.4) is 0 Å². The lowest BCUT2D eigenvalue weighted by Gasteiger charge is -2.40. The van der Waals surface area contributed by atoms with Gasteiger partial charge in [0, 0.05) is 34.7 Å². The van der Waals surface area contributed by atoms with Gasteiger partial charge < -0.3 is 19.5 Å². The fraction of sp³-hybridized carbons (Fsp3) is 0.208. The number of aliphatic hydroxyl groups is 1. The molecule has 3 aliphatic rings. The Hall–Kier alpha value is -6.07. The number of para-hydroxylation sites is 1. The molecule has 3 aliphatic heterocycles. The molecule has 0 saturated carbocycles. The van der Waals surface area contributed by atoms with Crippen LogP contribution < -0.4 is 9.47 Å². The van der Waals surface area contributed by atoms with Crippen molar-refractivity contribution < 1.29 is 24.0 Å². The Morgan fingerprint density at radius 3 is 2.19 bits per heavy atom. The second-order valence-corrected chi connectivity index (χ2v) is 15.8. The number of rotatable bonds is 11. The number of hydrogen-bond acceptors (Lipinski definition) is 7. The molecule has 1 aromatic heterocycles. The molecule has 1 N–H and O–H groups in total. The number of nitrogens with zero attached hydrogens (tertiary/aromatic N) is 5. The van der Waals surface area contributed by atoms with Gasteiger partial charge in [-0.05, 0) is 103 Å². The quantitative estimate of drug-likeness (QED) is 0.0590. The van der Waals surface area contributed by atoms with E-state index in [1.165, 1.54) is 0 Å². The predicted molar refractivity (Wildman–Crippen MR) is 228 cm³/mol. The fourth-order valence-electron chi connectivity index (χ4n) is 9.08. The number of carbonyl (C=O) groups excluding carboxylic acids is 1. The first-order valence-electron chi connectivity index (χ1n) is 19.6. The summed E-state index contributed by atoms with van der Waals surface area (Å²) in [6.45, 7) is 5.56. The highest BCUT2D eigenvalue weighted by Crippen LogP contribution is 2.58. The zero-order chi connectivity index (χ0) is 39.9. The molecule has 1 amide bonds. The Bertz CT molecular complexity index is 2510. The van der Waals surface area contributed by atoms with Crippen molar-refractivity contribution in [3.63, 3.8) is 0 Å². The molecule has 9 nitrogen and oxygen atoms in total. The Kier molecular flexibility index (Phi) is 9.71. The monoisotopic (exact) mass is 786 g/mol. The number of methoxy groups -OCH3 is 1. The number of benzene rings is 5. The summed E-state index contributed by atoms with van der Waals surface area (Å²) < 4.78 is 11.9. The summed E-state index contributed by atoms with van der Waals surface area (Å²) in [5, 5.41) is 22.9. The van der Waals surface area contributed by atoms with Gasteiger partial charge in [-0.1, -0.05) is 103 Å². The molecule has 6 aromatic rings. The molecule has 0 radical (unpaired) electrons. The first kappa shape index (κ1) is 37.5. The van der Waals surface area contributed by atoms with Gasteiger partial charge in [0.05, 0.1) is 18.3 Å². The third-order valence-corrected chi connectivity index (χ3v) is 12.5. The number of amides is 1. The normalized spacial score (nSPS) is 22.5. The standard InChI is InChI=1S/C48H43N5O4S/c1-3-47(32-53(47)31-45(50-51-53)48(55,35-13-7-4-8-14-35)36-15-9-5-10-16-36)37-25-26-52(46(54)58)38(29-37)27-34-28-44(49-43-24-23-41(56-2)30-42(34)43)33-19-21-40(22-20-33)57-39-17-11-6-12-18-39/h3-24,28,30-31,37-38,55H,1,25-27,29,32H2,2H3/p+1. The molecule has 1 spiro atoms. The Balaban J connectivity index is 1.03. The average Bonchev–Trinajstić information content (AvgIpc) is 3.71. The molecule has 2 saturated heterocycles. The molecular formula is C48H44N5O4S+. The van der Waals surface area contributed by atoms with Gasteiger partial charge in [-0.2, -0.15) is 0 Å². The van der Waals surface area contributed by atoms with Gasteiger partial charge in [-0.15, -0.1) is 4.59 Å². The number of piperidine rings is 1. The van der Waals surface area contributed by atoms with Crippen molar-refractivity contribution in [1.29, 1.82) is 0 Å². The minimum absolute atomic E-state index is 0.120. The van der Waals surface area contributed by atoms with Crippen molar-refractivity contribution in [2.45, 2.75) is 36.4 Å². The van der Waals surface area contributed by atoms with Crippen molar-refractivity contribution in [1.82, 2.24) is 9.88 Å². The molecular weight excluding hydrogens is 743 g/mol. The number of likely N-dealkylation sites (tertiary alicyclic amines) is 1. The van der Waals surface area contributed by atoms with E-state index in [9.17, 15) is 9.90 Å². The van der Waals surface area contributed by atoms with Crippen LogP contribution >= 0.6 is 12.6 Å². The molecule has 290 valence electrons. The number of thiol groups is 1. The highest BCUT2D eigenvalue weighted by molar-refractivity contribution is 7.96. The van der Waals surface area contributed by atoms with E-state index in [1.54, 1.807) is 7.11 Å². The van der Waals surface area contributed by atoms with Crippen LogP contribution in [0.1, 0.15) is 29.5 Å². The number of carbonyl (C=O) groups is 1. The van der Waals surface area contributed by atoms with Gasteiger partial charge in [0.2, 0.25) is 5.54 Å².